The normalized spacial score (nSPS) is 16.5. The maximum atomic E-state index is 14.7. The number of carbonyl (C=O) groups is 1. The summed E-state index contributed by atoms with van der Waals surface area (Å²) in [6, 6.07) is 4.77. The molecule has 0 spiro atoms. The van der Waals surface area contributed by atoms with Gasteiger partial charge in [0, 0.05) is 31.1 Å². The topological polar surface area (TPSA) is 45.2 Å². The number of aryl methyl sites for hydroxylation is 1. The van der Waals surface area contributed by atoms with E-state index in [1.54, 1.807) is 0 Å². The summed E-state index contributed by atoms with van der Waals surface area (Å²) in [5.74, 6) is -2.29. The van der Waals surface area contributed by atoms with Crippen LogP contribution < -0.4 is 10.2 Å². The second kappa shape index (κ2) is 8.05. The van der Waals surface area contributed by atoms with Gasteiger partial charge in [0.15, 0.2) is 11.6 Å². The monoisotopic (exact) mass is 405 g/mol. The van der Waals surface area contributed by atoms with E-state index in [0.717, 1.165) is 12.5 Å². The van der Waals surface area contributed by atoms with E-state index in [1.807, 2.05) is 32.6 Å². The molecule has 0 saturated carbocycles. The van der Waals surface area contributed by atoms with Gasteiger partial charge in [0.2, 0.25) is 5.91 Å². The van der Waals surface area contributed by atoms with Gasteiger partial charge in [-0.25, -0.2) is 18.2 Å². The molecule has 0 fully saturated rings. The minimum absolute atomic E-state index is 0.0522. The number of rotatable bonds is 4. The van der Waals surface area contributed by atoms with Crippen molar-refractivity contribution in [2.45, 2.75) is 59.5 Å². The minimum atomic E-state index is -0.647. The van der Waals surface area contributed by atoms with Crippen LogP contribution in [0.4, 0.5) is 24.7 Å². The maximum absolute atomic E-state index is 14.7. The second-order valence-electron chi connectivity index (χ2n) is 8.86. The molecule has 1 atom stereocenters. The van der Waals surface area contributed by atoms with Gasteiger partial charge in [0.05, 0.1) is 11.4 Å². The van der Waals surface area contributed by atoms with Crippen LogP contribution in [0.3, 0.4) is 0 Å². The largest absolute Gasteiger partial charge is 0.363 e. The standard InChI is InChI=1S/C22H26F3N3O/c1-13-5-6-18-19(28(13)12-14-7-15(23)9-16(24)8-14)10-17(25)21(26-18)27-20(29)11-22(2,3)4/h7-10,13H,5-6,11-12H2,1-4H3,(H,26,27,29). The SMILES string of the molecule is CC1CCc2nc(NC(=O)CC(C)(C)C)c(F)cc2N1Cc1cc(F)cc(F)c1. The fourth-order valence-electron chi connectivity index (χ4n) is 3.57. The summed E-state index contributed by atoms with van der Waals surface area (Å²) in [6.07, 6.45) is 1.64. The fraction of sp³-hybridized carbons (Fsp3) is 0.455. The lowest BCUT2D eigenvalue weighted by Crippen LogP contribution is -2.37. The molecule has 0 bridgehead atoms. The van der Waals surface area contributed by atoms with E-state index in [2.05, 4.69) is 10.3 Å². The molecular formula is C22H26F3N3O. The Morgan fingerprint density at radius 1 is 1.17 bits per heavy atom. The predicted molar refractivity (Wildman–Crippen MR) is 107 cm³/mol. The molecule has 29 heavy (non-hydrogen) atoms. The first kappa shape index (κ1) is 21.1. The Bertz CT molecular complexity index is 904. The van der Waals surface area contributed by atoms with E-state index < -0.39 is 17.5 Å². The van der Waals surface area contributed by atoms with Gasteiger partial charge in [-0.15, -0.1) is 0 Å². The molecule has 1 amide bonds. The van der Waals surface area contributed by atoms with E-state index in [9.17, 15) is 18.0 Å². The van der Waals surface area contributed by atoms with Gasteiger partial charge in [-0.3, -0.25) is 4.79 Å². The van der Waals surface area contributed by atoms with Crippen molar-refractivity contribution in [2.24, 2.45) is 5.41 Å². The maximum Gasteiger partial charge on any atom is 0.226 e. The van der Waals surface area contributed by atoms with E-state index >= 15 is 0 Å². The van der Waals surface area contributed by atoms with Crippen LogP contribution >= 0.6 is 0 Å². The molecule has 4 nitrogen and oxygen atoms in total. The van der Waals surface area contributed by atoms with Crippen molar-refractivity contribution >= 4 is 17.4 Å². The van der Waals surface area contributed by atoms with Crippen LogP contribution in [-0.2, 0) is 17.8 Å². The summed E-state index contributed by atoms with van der Waals surface area (Å²) >= 11 is 0. The van der Waals surface area contributed by atoms with Crippen LogP contribution in [0.1, 0.15) is 51.8 Å². The third-order valence-electron chi connectivity index (χ3n) is 4.90. The number of pyridine rings is 1. The van der Waals surface area contributed by atoms with Crippen LogP contribution in [0.15, 0.2) is 24.3 Å². The van der Waals surface area contributed by atoms with Crippen molar-refractivity contribution in [1.82, 2.24) is 4.98 Å². The fourth-order valence-corrected chi connectivity index (χ4v) is 3.57. The minimum Gasteiger partial charge on any atom is -0.363 e. The van der Waals surface area contributed by atoms with E-state index in [1.165, 1.54) is 18.2 Å². The van der Waals surface area contributed by atoms with Crippen molar-refractivity contribution in [3.05, 3.63) is 53.0 Å². The highest BCUT2D eigenvalue weighted by molar-refractivity contribution is 5.90. The number of hydrogen-bond donors (Lipinski definition) is 1. The molecule has 1 N–H and O–H groups in total. The number of aromatic nitrogens is 1. The highest BCUT2D eigenvalue weighted by Crippen LogP contribution is 2.34. The first-order valence-corrected chi connectivity index (χ1v) is 9.73. The number of nitrogens with one attached hydrogen (secondary N) is 1. The van der Waals surface area contributed by atoms with Gasteiger partial charge >= 0.3 is 0 Å². The molecular weight excluding hydrogens is 379 g/mol. The van der Waals surface area contributed by atoms with Crippen molar-refractivity contribution in [3.63, 3.8) is 0 Å². The lowest BCUT2D eigenvalue weighted by atomic mass is 9.92. The van der Waals surface area contributed by atoms with Gasteiger partial charge in [-0.05, 0) is 42.9 Å². The van der Waals surface area contributed by atoms with Crippen LogP contribution in [0.2, 0.25) is 0 Å². The van der Waals surface area contributed by atoms with Crippen molar-refractivity contribution in [2.75, 3.05) is 10.2 Å². The van der Waals surface area contributed by atoms with E-state index in [-0.39, 0.29) is 36.1 Å². The lowest BCUT2D eigenvalue weighted by Gasteiger charge is -2.37. The van der Waals surface area contributed by atoms with Crippen LogP contribution in [0.5, 0.6) is 0 Å². The average Bonchev–Trinajstić information content (AvgIpc) is 2.56. The molecule has 1 aliphatic rings. The average molecular weight is 405 g/mol. The summed E-state index contributed by atoms with van der Waals surface area (Å²) in [6.45, 7) is 8.00. The molecule has 156 valence electrons. The van der Waals surface area contributed by atoms with Crippen molar-refractivity contribution in [1.29, 1.82) is 0 Å². The number of halogens is 3. The Morgan fingerprint density at radius 3 is 2.45 bits per heavy atom. The third kappa shape index (κ3) is 5.28. The second-order valence-corrected chi connectivity index (χ2v) is 8.86. The summed E-state index contributed by atoms with van der Waals surface area (Å²) in [5.41, 5.74) is 1.48. The summed E-state index contributed by atoms with van der Waals surface area (Å²) in [4.78, 5) is 18.4. The quantitative estimate of drug-likeness (QED) is 0.759. The number of amides is 1. The Balaban J connectivity index is 1.87. The smallest absolute Gasteiger partial charge is 0.226 e. The molecule has 2 aromatic rings. The lowest BCUT2D eigenvalue weighted by molar-refractivity contribution is -0.117. The highest BCUT2D eigenvalue weighted by atomic mass is 19.1. The van der Waals surface area contributed by atoms with Gasteiger partial charge in [0.25, 0.3) is 0 Å². The zero-order valence-corrected chi connectivity index (χ0v) is 17.2. The third-order valence-corrected chi connectivity index (χ3v) is 4.90. The first-order valence-electron chi connectivity index (χ1n) is 9.73. The van der Waals surface area contributed by atoms with Gasteiger partial charge in [-0.2, -0.15) is 0 Å². The van der Waals surface area contributed by atoms with Gasteiger partial charge in [0.1, 0.15) is 11.6 Å². The zero-order chi connectivity index (χ0) is 21.3. The molecule has 2 heterocycles. The number of hydrogen-bond acceptors (Lipinski definition) is 3. The van der Waals surface area contributed by atoms with Gasteiger partial charge in [-0.1, -0.05) is 20.8 Å². The molecule has 1 aliphatic heterocycles. The summed E-state index contributed by atoms with van der Waals surface area (Å²) < 4.78 is 41.8. The first-order chi connectivity index (χ1) is 13.5. The molecule has 0 saturated heterocycles. The number of carbonyl (C=O) groups excluding carboxylic acids is 1. The Morgan fingerprint density at radius 2 is 1.83 bits per heavy atom. The van der Waals surface area contributed by atoms with Crippen LogP contribution in [-0.4, -0.2) is 16.9 Å². The number of benzene rings is 1. The molecule has 1 aromatic heterocycles. The van der Waals surface area contributed by atoms with E-state index in [4.69, 9.17) is 0 Å². The number of fused-ring (bicyclic) bond motifs is 1. The van der Waals surface area contributed by atoms with Crippen LogP contribution in [0, 0.1) is 22.9 Å². The van der Waals surface area contributed by atoms with Crippen molar-refractivity contribution in [3.8, 4) is 0 Å². The highest BCUT2D eigenvalue weighted by Gasteiger charge is 2.27. The Labute approximate surface area is 169 Å². The van der Waals surface area contributed by atoms with Crippen LogP contribution in [0.25, 0.3) is 0 Å². The summed E-state index contributed by atoms with van der Waals surface area (Å²) in [7, 11) is 0. The van der Waals surface area contributed by atoms with Gasteiger partial charge < -0.3 is 10.2 Å². The Hall–Kier alpha value is -2.57. The zero-order valence-electron chi connectivity index (χ0n) is 17.2. The molecule has 0 radical (unpaired) electrons. The number of anilines is 2. The molecule has 7 heteroatoms. The van der Waals surface area contributed by atoms with E-state index in [0.29, 0.717) is 23.4 Å². The number of nitrogens with zero attached hydrogens (tertiary/aromatic N) is 2. The summed E-state index contributed by atoms with van der Waals surface area (Å²) in [5, 5.41) is 2.56. The van der Waals surface area contributed by atoms with Crippen molar-refractivity contribution < 1.29 is 18.0 Å². The molecule has 1 unspecified atom stereocenters. The molecule has 1 aromatic carbocycles. The molecule has 0 aliphatic carbocycles. The predicted octanol–water partition coefficient (Wildman–Crippen LogP) is 5.21. The Kier molecular flexibility index (Phi) is 5.87. The molecule has 3 rings (SSSR count).